The lowest BCUT2D eigenvalue weighted by molar-refractivity contribution is -0.00569. The van der Waals surface area contributed by atoms with Gasteiger partial charge in [0.15, 0.2) is 17.0 Å². The third-order valence-electron chi connectivity index (χ3n) is 4.13. The summed E-state index contributed by atoms with van der Waals surface area (Å²) in [5, 5.41) is 3.20. The fourth-order valence-electron chi connectivity index (χ4n) is 3.09. The minimum Gasteiger partial charge on any atom is -0.372 e. The summed E-state index contributed by atoms with van der Waals surface area (Å²) in [6.07, 6.45) is 3.38. The average Bonchev–Trinajstić information content (AvgIpc) is 2.63. The van der Waals surface area contributed by atoms with E-state index < -0.39 is 0 Å². The van der Waals surface area contributed by atoms with Crippen molar-refractivity contribution in [2.24, 2.45) is 0 Å². The van der Waals surface area contributed by atoms with Crippen LogP contribution in [0.15, 0.2) is 36.7 Å². The summed E-state index contributed by atoms with van der Waals surface area (Å²) in [6, 6.07) is 6.09. The molecule has 3 heterocycles. The van der Waals surface area contributed by atoms with Crippen molar-refractivity contribution < 1.29 is 9.13 Å². The third kappa shape index (κ3) is 3.41. The summed E-state index contributed by atoms with van der Waals surface area (Å²) < 4.78 is 19.0. The van der Waals surface area contributed by atoms with Crippen LogP contribution >= 0.6 is 0 Å². The summed E-state index contributed by atoms with van der Waals surface area (Å²) >= 11 is 0. The minimum absolute atomic E-state index is 0.0911. The van der Waals surface area contributed by atoms with Crippen molar-refractivity contribution in [1.82, 2.24) is 19.9 Å². The van der Waals surface area contributed by atoms with Crippen LogP contribution in [0.5, 0.6) is 0 Å². The standard InChI is InChI=1S/C18H19FN6O/c1-11-9-25(10-12(2)26-11)18-23-16-15(20-7-8-21-16)17(24-18)22-14-5-3-13(19)4-6-14/h3-8,11-12H,9-10H2,1-2H3,(H,21,22,23,24)/t11-,12-/m0/s1. The number of aromatic nitrogens is 4. The highest BCUT2D eigenvalue weighted by molar-refractivity contribution is 5.85. The second-order valence-electron chi connectivity index (χ2n) is 6.39. The van der Waals surface area contributed by atoms with Crippen LogP contribution in [0.25, 0.3) is 11.2 Å². The van der Waals surface area contributed by atoms with Crippen LogP contribution < -0.4 is 10.2 Å². The van der Waals surface area contributed by atoms with E-state index in [1.165, 1.54) is 12.1 Å². The van der Waals surface area contributed by atoms with E-state index in [4.69, 9.17) is 4.74 Å². The van der Waals surface area contributed by atoms with Crippen LogP contribution in [0.2, 0.25) is 0 Å². The van der Waals surface area contributed by atoms with Gasteiger partial charge in [-0.1, -0.05) is 0 Å². The van der Waals surface area contributed by atoms with Crippen molar-refractivity contribution in [3.8, 4) is 0 Å². The fourth-order valence-corrected chi connectivity index (χ4v) is 3.09. The van der Waals surface area contributed by atoms with E-state index in [1.807, 2.05) is 13.8 Å². The molecule has 4 rings (SSSR count). The lowest BCUT2D eigenvalue weighted by atomic mass is 10.2. The predicted molar refractivity (Wildman–Crippen MR) is 97.0 cm³/mol. The van der Waals surface area contributed by atoms with Gasteiger partial charge in [0.25, 0.3) is 0 Å². The van der Waals surface area contributed by atoms with Gasteiger partial charge in [-0.25, -0.2) is 14.4 Å². The molecule has 1 fully saturated rings. The molecular weight excluding hydrogens is 335 g/mol. The first-order chi connectivity index (χ1) is 12.6. The maximum absolute atomic E-state index is 13.2. The lowest BCUT2D eigenvalue weighted by Crippen LogP contribution is -2.46. The van der Waals surface area contributed by atoms with Crippen molar-refractivity contribution in [3.05, 3.63) is 42.5 Å². The van der Waals surface area contributed by atoms with Crippen LogP contribution in [0.3, 0.4) is 0 Å². The highest BCUT2D eigenvalue weighted by atomic mass is 19.1. The molecule has 7 nitrogen and oxygen atoms in total. The minimum atomic E-state index is -0.292. The second-order valence-corrected chi connectivity index (χ2v) is 6.39. The molecule has 1 aliphatic heterocycles. The van der Waals surface area contributed by atoms with Gasteiger partial charge in [-0.2, -0.15) is 9.97 Å². The Labute approximate surface area is 150 Å². The van der Waals surface area contributed by atoms with E-state index in [1.54, 1.807) is 24.5 Å². The van der Waals surface area contributed by atoms with Gasteiger partial charge in [-0.3, -0.25) is 0 Å². The SMILES string of the molecule is C[C@H]1CN(c2nc(Nc3ccc(F)cc3)c3nccnc3n2)C[C@H](C)O1. The Morgan fingerprint density at radius 1 is 1.04 bits per heavy atom. The molecule has 0 bridgehead atoms. The number of nitrogens with zero attached hydrogens (tertiary/aromatic N) is 5. The Kier molecular flexibility index (Phi) is 4.34. The predicted octanol–water partition coefficient (Wildman–Crippen LogP) is 2.92. The zero-order valence-corrected chi connectivity index (χ0v) is 14.6. The Hall–Kier alpha value is -2.87. The normalized spacial score (nSPS) is 20.3. The largest absolute Gasteiger partial charge is 0.372 e. The number of ether oxygens (including phenoxy) is 1. The summed E-state index contributed by atoms with van der Waals surface area (Å²) in [5.74, 6) is 0.820. The van der Waals surface area contributed by atoms with Gasteiger partial charge in [-0.15, -0.1) is 0 Å². The number of nitrogens with one attached hydrogen (secondary N) is 1. The first kappa shape index (κ1) is 16.6. The van der Waals surface area contributed by atoms with Crippen molar-refractivity contribution in [2.75, 3.05) is 23.3 Å². The van der Waals surface area contributed by atoms with Crippen LogP contribution in [0.1, 0.15) is 13.8 Å². The van der Waals surface area contributed by atoms with Gasteiger partial charge in [0.05, 0.1) is 12.2 Å². The van der Waals surface area contributed by atoms with E-state index in [2.05, 4.69) is 30.2 Å². The highest BCUT2D eigenvalue weighted by Crippen LogP contribution is 2.25. The van der Waals surface area contributed by atoms with Gasteiger partial charge in [0, 0.05) is 31.2 Å². The van der Waals surface area contributed by atoms with Gasteiger partial charge in [0.2, 0.25) is 5.95 Å². The summed E-state index contributed by atoms with van der Waals surface area (Å²) in [7, 11) is 0. The topological polar surface area (TPSA) is 76.1 Å². The first-order valence-electron chi connectivity index (χ1n) is 8.50. The summed E-state index contributed by atoms with van der Waals surface area (Å²) in [5.41, 5.74) is 1.79. The van der Waals surface area contributed by atoms with E-state index in [-0.39, 0.29) is 18.0 Å². The van der Waals surface area contributed by atoms with Crippen molar-refractivity contribution in [1.29, 1.82) is 0 Å². The number of hydrogen-bond acceptors (Lipinski definition) is 7. The Morgan fingerprint density at radius 2 is 1.73 bits per heavy atom. The molecule has 1 aliphatic rings. The van der Waals surface area contributed by atoms with Crippen LogP contribution in [-0.4, -0.2) is 45.2 Å². The molecular formula is C18H19FN6O. The molecule has 0 aliphatic carbocycles. The highest BCUT2D eigenvalue weighted by Gasteiger charge is 2.25. The average molecular weight is 354 g/mol. The molecule has 8 heteroatoms. The molecule has 0 amide bonds. The number of benzene rings is 1. The molecule has 134 valence electrons. The zero-order valence-electron chi connectivity index (χ0n) is 14.6. The number of fused-ring (bicyclic) bond motifs is 1. The number of halogens is 1. The lowest BCUT2D eigenvalue weighted by Gasteiger charge is -2.35. The Morgan fingerprint density at radius 3 is 2.46 bits per heavy atom. The van der Waals surface area contributed by atoms with Crippen LogP contribution in [0.4, 0.5) is 21.8 Å². The van der Waals surface area contributed by atoms with E-state index in [0.717, 1.165) is 0 Å². The molecule has 26 heavy (non-hydrogen) atoms. The molecule has 2 aromatic heterocycles. The number of anilines is 3. The van der Waals surface area contributed by atoms with Crippen molar-refractivity contribution in [3.63, 3.8) is 0 Å². The summed E-state index contributed by atoms with van der Waals surface area (Å²) in [4.78, 5) is 20.0. The van der Waals surface area contributed by atoms with Crippen molar-refractivity contribution >= 4 is 28.6 Å². The molecule has 3 aromatic rings. The van der Waals surface area contributed by atoms with E-state index in [9.17, 15) is 4.39 Å². The zero-order chi connectivity index (χ0) is 18.1. The molecule has 2 atom stereocenters. The number of hydrogen-bond donors (Lipinski definition) is 1. The molecule has 0 radical (unpaired) electrons. The third-order valence-corrected chi connectivity index (χ3v) is 4.13. The monoisotopic (exact) mass is 354 g/mol. The summed E-state index contributed by atoms with van der Waals surface area (Å²) in [6.45, 7) is 5.46. The maximum atomic E-state index is 13.2. The quantitative estimate of drug-likeness (QED) is 0.775. The van der Waals surface area contributed by atoms with Crippen molar-refractivity contribution in [2.45, 2.75) is 26.1 Å². The fraction of sp³-hybridized carbons (Fsp3) is 0.333. The van der Waals surface area contributed by atoms with Crippen LogP contribution in [-0.2, 0) is 4.74 Å². The second kappa shape index (κ2) is 6.80. The van der Waals surface area contributed by atoms with Gasteiger partial charge < -0.3 is 15.0 Å². The van der Waals surface area contributed by atoms with Gasteiger partial charge in [0.1, 0.15) is 5.82 Å². The first-order valence-corrected chi connectivity index (χ1v) is 8.50. The molecule has 1 saturated heterocycles. The van der Waals surface area contributed by atoms with Crippen LogP contribution in [0, 0.1) is 5.82 Å². The molecule has 0 unspecified atom stereocenters. The smallest absolute Gasteiger partial charge is 0.229 e. The molecule has 1 N–H and O–H groups in total. The van der Waals surface area contributed by atoms with E-state index in [0.29, 0.717) is 41.7 Å². The number of morpholine rings is 1. The Balaban J connectivity index is 1.74. The van der Waals surface area contributed by atoms with E-state index >= 15 is 0 Å². The number of rotatable bonds is 3. The maximum Gasteiger partial charge on any atom is 0.229 e. The molecule has 0 saturated carbocycles. The molecule has 1 aromatic carbocycles. The Bertz CT molecular complexity index is 909. The van der Waals surface area contributed by atoms with Gasteiger partial charge in [-0.05, 0) is 38.1 Å². The molecule has 0 spiro atoms. The van der Waals surface area contributed by atoms with Gasteiger partial charge >= 0.3 is 0 Å².